The van der Waals surface area contributed by atoms with E-state index in [1.54, 1.807) is 18.1 Å². The van der Waals surface area contributed by atoms with E-state index in [1.807, 2.05) is 12.1 Å². The van der Waals surface area contributed by atoms with Crippen LogP contribution in [0.15, 0.2) is 22.8 Å². The maximum absolute atomic E-state index is 12.0. The summed E-state index contributed by atoms with van der Waals surface area (Å²) in [4.78, 5) is 17.9. The summed E-state index contributed by atoms with van der Waals surface area (Å²) in [6, 6.07) is 3.76. The quantitative estimate of drug-likeness (QED) is 0.829. The molecule has 1 aromatic heterocycles. The number of aromatic nitrogens is 1. The van der Waals surface area contributed by atoms with Crippen molar-refractivity contribution in [2.24, 2.45) is 5.92 Å². The molecule has 0 radical (unpaired) electrons. The van der Waals surface area contributed by atoms with Crippen LogP contribution in [0.4, 0.5) is 5.82 Å². The van der Waals surface area contributed by atoms with E-state index in [-0.39, 0.29) is 5.91 Å². The summed E-state index contributed by atoms with van der Waals surface area (Å²) in [5.41, 5.74) is 0. The summed E-state index contributed by atoms with van der Waals surface area (Å²) in [7, 11) is 1.79. The Hall–Kier alpha value is -0.900. The van der Waals surface area contributed by atoms with Crippen molar-refractivity contribution in [1.29, 1.82) is 0 Å². The van der Waals surface area contributed by atoms with Crippen LogP contribution < -0.4 is 4.90 Å². The number of hydrogen-bond acceptors (Lipinski definition) is 2. The Morgan fingerprint density at radius 1 is 1.50 bits per heavy atom. The summed E-state index contributed by atoms with van der Waals surface area (Å²) in [5.74, 6) is 1.75. The minimum absolute atomic E-state index is 0.157. The summed E-state index contributed by atoms with van der Waals surface area (Å²) < 4.78 is 0.928. The molecule has 0 unspecified atom stereocenters. The molecule has 4 heteroatoms. The van der Waals surface area contributed by atoms with Gasteiger partial charge in [0.25, 0.3) is 0 Å². The number of amides is 1. The van der Waals surface area contributed by atoms with E-state index in [0.717, 1.165) is 16.8 Å². The Kier molecular flexibility index (Phi) is 4.75. The van der Waals surface area contributed by atoms with Gasteiger partial charge in [-0.3, -0.25) is 9.69 Å². The molecule has 98 valence electrons. The fourth-order valence-electron chi connectivity index (χ4n) is 2.19. The smallest absolute Gasteiger partial charge is 0.227 e. The topological polar surface area (TPSA) is 33.2 Å². The normalized spacial score (nSPS) is 15.2. The molecule has 2 rings (SSSR count). The summed E-state index contributed by atoms with van der Waals surface area (Å²) in [5, 5.41) is 0. The maximum Gasteiger partial charge on any atom is 0.227 e. The van der Waals surface area contributed by atoms with E-state index in [1.165, 1.54) is 25.7 Å². The molecule has 1 aliphatic rings. The molecule has 1 aliphatic carbocycles. The van der Waals surface area contributed by atoms with Gasteiger partial charge in [-0.15, -0.1) is 0 Å². The molecule has 0 aromatic carbocycles. The predicted molar refractivity (Wildman–Crippen MR) is 76.5 cm³/mol. The van der Waals surface area contributed by atoms with Gasteiger partial charge in [-0.1, -0.05) is 19.3 Å². The van der Waals surface area contributed by atoms with Crippen LogP contribution in [0, 0.1) is 5.92 Å². The summed E-state index contributed by atoms with van der Waals surface area (Å²) in [6.45, 7) is 0. The zero-order chi connectivity index (χ0) is 13.0. The van der Waals surface area contributed by atoms with Gasteiger partial charge in [0.2, 0.25) is 5.91 Å². The van der Waals surface area contributed by atoms with Crippen molar-refractivity contribution in [2.45, 2.75) is 38.5 Å². The molecule has 18 heavy (non-hydrogen) atoms. The molecule has 0 N–H and O–H groups in total. The van der Waals surface area contributed by atoms with Crippen LogP contribution in [-0.4, -0.2) is 17.9 Å². The first-order chi connectivity index (χ1) is 8.66. The monoisotopic (exact) mass is 310 g/mol. The highest BCUT2D eigenvalue weighted by Gasteiger charge is 2.18. The number of carbonyl (C=O) groups excluding carboxylic acids is 1. The second-order valence-electron chi connectivity index (χ2n) is 4.98. The molecule has 0 bridgehead atoms. The van der Waals surface area contributed by atoms with E-state index < -0.39 is 0 Å². The number of rotatable bonds is 5. The first-order valence-corrected chi connectivity index (χ1v) is 7.34. The lowest BCUT2D eigenvalue weighted by Crippen LogP contribution is -2.27. The van der Waals surface area contributed by atoms with Crippen LogP contribution in [-0.2, 0) is 4.79 Å². The highest BCUT2D eigenvalue weighted by Crippen LogP contribution is 2.30. The van der Waals surface area contributed by atoms with Crippen molar-refractivity contribution in [1.82, 2.24) is 4.98 Å². The molecular weight excluding hydrogens is 292 g/mol. The Morgan fingerprint density at radius 3 is 2.83 bits per heavy atom. The first-order valence-electron chi connectivity index (χ1n) is 6.55. The van der Waals surface area contributed by atoms with Crippen LogP contribution in [0.5, 0.6) is 0 Å². The molecule has 0 aliphatic heterocycles. The van der Waals surface area contributed by atoms with Gasteiger partial charge in [0, 0.05) is 24.1 Å². The third-order valence-electron chi connectivity index (χ3n) is 3.66. The van der Waals surface area contributed by atoms with Crippen LogP contribution in [0.2, 0.25) is 0 Å². The van der Waals surface area contributed by atoms with E-state index in [9.17, 15) is 4.79 Å². The van der Waals surface area contributed by atoms with Crippen molar-refractivity contribution in [2.75, 3.05) is 11.9 Å². The molecule has 1 fully saturated rings. The summed E-state index contributed by atoms with van der Waals surface area (Å²) in [6.07, 6.45) is 8.65. The van der Waals surface area contributed by atoms with Crippen molar-refractivity contribution < 1.29 is 4.79 Å². The van der Waals surface area contributed by atoms with Crippen molar-refractivity contribution in [3.63, 3.8) is 0 Å². The minimum Gasteiger partial charge on any atom is -0.300 e. The van der Waals surface area contributed by atoms with Crippen molar-refractivity contribution >= 4 is 27.7 Å². The van der Waals surface area contributed by atoms with Crippen molar-refractivity contribution in [3.05, 3.63) is 22.8 Å². The van der Waals surface area contributed by atoms with E-state index >= 15 is 0 Å². The fourth-order valence-corrected chi connectivity index (χ4v) is 2.42. The van der Waals surface area contributed by atoms with Gasteiger partial charge in [-0.2, -0.15) is 0 Å². The predicted octanol–water partition coefficient (Wildman–Crippen LogP) is 3.78. The number of nitrogens with zero attached hydrogens (tertiary/aromatic N) is 2. The van der Waals surface area contributed by atoms with Gasteiger partial charge in [0.05, 0.1) is 0 Å². The molecular formula is C14H19BrN2O. The van der Waals surface area contributed by atoms with Gasteiger partial charge in [0.15, 0.2) is 0 Å². The standard InChI is InChI=1S/C14H19BrN2O/c1-17(13-9-8-12(15)10-16-13)14(18)7-3-6-11-4-2-5-11/h8-11H,2-7H2,1H3. The molecule has 0 atom stereocenters. The van der Waals surface area contributed by atoms with Crippen LogP contribution in [0.25, 0.3) is 0 Å². The first kappa shape index (κ1) is 13.5. The lowest BCUT2D eigenvalue weighted by Gasteiger charge is -2.25. The second-order valence-corrected chi connectivity index (χ2v) is 5.89. The summed E-state index contributed by atoms with van der Waals surface area (Å²) >= 11 is 3.34. The molecule has 1 aromatic rings. The lowest BCUT2D eigenvalue weighted by atomic mass is 9.82. The maximum atomic E-state index is 12.0. The number of hydrogen-bond donors (Lipinski definition) is 0. The average Bonchev–Trinajstić information content (AvgIpc) is 2.32. The van der Waals surface area contributed by atoms with Crippen LogP contribution >= 0.6 is 15.9 Å². The number of halogens is 1. The number of carbonyl (C=O) groups is 1. The molecule has 1 heterocycles. The second kappa shape index (κ2) is 6.32. The lowest BCUT2D eigenvalue weighted by molar-refractivity contribution is -0.118. The molecule has 0 saturated heterocycles. The average molecular weight is 311 g/mol. The van der Waals surface area contributed by atoms with Gasteiger partial charge >= 0.3 is 0 Å². The van der Waals surface area contributed by atoms with E-state index in [2.05, 4.69) is 20.9 Å². The van der Waals surface area contributed by atoms with E-state index in [0.29, 0.717) is 12.2 Å². The minimum atomic E-state index is 0.157. The third-order valence-corrected chi connectivity index (χ3v) is 4.13. The van der Waals surface area contributed by atoms with E-state index in [4.69, 9.17) is 0 Å². The number of pyridine rings is 1. The van der Waals surface area contributed by atoms with Crippen LogP contribution in [0.1, 0.15) is 38.5 Å². The highest BCUT2D eigenvalue weighted by molar-refractivity contribution is 9.10. The Bertz CT molecular complexity index is 401. The largest absolute Gasteiger partial charge is 0.300 e. The Labute approximate surface area is 117 Å². The van der Waals surface area contributed by atoms with Gasteiger partial charge in [0.1, 0.15) is 5.82 Å². The zero-order valence-electron chi connectivity index (χ0n) is 10.7. The highest BCUT2D eigenvalue weighted by atomic mass is 79.9. The fraction of sp³-hybridized carbons (Fsp3) is 0.571. The van der Waals surface area contributed by atoms with Crippen molar-refractivity contribution in [3.8, 4) is 0 Å². The Balaban J connectivity index is 1.78. The van der Waals surface area contributed by atoms with Gasteiger partial charge in [-0.25, -0.2) is 4.98 Å². The van der Waals surface area contributed by atoms with Crippen LogP contribution in [0.3, 0.4) is 0 Å². The number of anilines is 1. The van der Waals surface area contributed by atoms with Gasteiger partial charge in [-0.05, 0) is 46.8 Å². The SMILES string of the molecule is CN(C(=O)CCCC1CCC1)c1ccc(Br)cn1. The molecule has 3 nitrogen and oxygen atoms in total. The van der Waals surface area contributed by atoms with Gasteiger partial charge < -0.3 is 0 Å². The zero-order valence-corrected chi connectivity index (χ0v) is 12.3. The molecule has 1 saturated carbocycles. The third kappa shape index (κ3) is 3.55. The molecule has 0 spiro atoms. The Morgan fingerprint density at radius 2 is 2.28 bits per heavy atom. The molecule has 1 amide bonds.